The number of methoxy groups -OCH3 is 1. The molecule has 1 unspecified atom stereocenters. The molecule has 0 aliphatic rings. The second-order valence-corrected chi connectivity index (χ2v) is 6.26. The molecule has 1 aromatic carbocycles. The summed E-state index contributed by atoms with van der Waals surface area (Å²) in [4.78, 5) is 36.4. The van der Waals surface area contributed by atoms with Gasteiger partial charge in [0.1, 0.15) is 11.7 Å². The average Bonchev–Trinajstić information content (AvgIpc) is 2.42. The van der Waals surface area contributed by atoms with Gasteiger partial charge in [0, 0.05) is 22.4 Å². The van der Waals surface area contributed by atoms with Gasteiger partial charge in [-0.05, 0) is 24.3 Å². The number of rotatable bonds is 5. The summed E-state index contributed by atoms with van der Waals surface area (Å²) in [6.45, 7) is 5.24. The molecule has 0 saturated heterocycles. The van der Waals surface area contributed by atoms with E-state index in [2.05, 4.69) is 4.74 Å². The van der Waals surface area contributed by atoms with Crippen LogP contribution in [0.1, 0.15) is 37.6 Å². The molecule has 0 radical (unpaired) electrons. The van der Waals surface area contributed by atoms with Gasteiger partial charge in [-0.15, -0.1) is 0 Å². The third kappa shape index (κ3) is 4.67. The molecule has 1 atom stereocenters. The van der Waals surface area contributed by atoms with Crippen molar-refractivity contribution in [3.05, 3.63) is 34.9 Å². The van der Waals surface area contributed by atoms with Crippen LogP contribution in [0.25, 0.3) is 0 Å². The molecule has 0 aliphatic carbocycles. The van der Waals surface area contributed by atoms with Crippen molar-refractivity contribution in [3.63, 3.8) is 0 Å². The van der Waals surface area contributed by atoms with Crippen molar-refractivity contribution in [2.24, 2.45) is 11.3 Å². The number of hydrogen-bond donors (Lipinski definition) is 0. The van der Waals surface area contributed by atoms with Crippen LogP contribution >= 0.6 is 11.6 Å². The number of hydrogen-bond acceptors (Lipinski definition) is 4. The highest BCUT2D eigenvalue weighted by molar-refractivity contribution is 6.30. The highest BCUT2D eigenvalue weighted by atomic mass is 35.5. The van der Waals surface area contributed by atoms with Crippen molar-refractivity contribution >= 4 is 29.1 Å². The van der Waals surface area contributed by atoms with E-state index in [0.29, 0.717) is 10.6 Å². The number of ketones is 2. The summed E-state index contributed by atoms with van der Waals surface area (Å²) in [6, 6.07) is 6.19. The maximum atomic E-state index is 12.4. The van der Waals surface area contributed by atoms with Gasteiger partial charge in [-0.3, -0.25) is 14.4 Å². The first-order chi connectivity index (χ1) is 9.66. The molecular weight excluding hydrogens is 292 g/mol. The summed E-state index contributed by atoms with van der Waals surface area (Å²) < 4.78 is 4.65. The average molecular weight is 311 g/mol. The lowest BCUT2D eigenvalue weighted by Crippen LogP contribution is -2.32. The highest BCUT2D eigenvalue weighted by Gasteiger charge is 2.34. The fraction of sp³-hybridized carbons (Fsp3) is 0.438. The van der Waals surface area contributed by atoms with Crippen LogP contribution in [0.4, 0.5) is 0 Å². The van der Waals surface area contributed by atoms with Crippen LogP contribution in [-0.2, 0) is 14.3 Å². The Morgan fingerprint density at radius 3 is 2.10 bits per heavy atom. The molecule has 114 valence electrons. The minimum Gasteiger partial charge on any atom is -0.468 e. The van der Waals surface area contributed by atoms with Gasteiger partial charge in [0.25, 0.3) is 0 Å². The maximum Gasteiger partial charge on any atom is 0.317 e. The lowest BCUT2D eigenvalue weighted by Gasteiger charge is -2.20. The fourth-order valence-corrected chi connectivity index (χ4v) is 1.86. The van der Waals surface area contributed by atoms with Gasteiger partial charge in [0.15, 0.2) is 5.78 Å². The van der Waals surface area contributed by atoms with Gasteiger partial charge in [0.05, 0.1) is 7.11 Å². The van der Waals surface area contributed by atoms with Crippen molar-refractivity contribution in [3.8, 4) is 0 Å². The number of ether oxygens (including phenoxy) is 1. The van der Waals surface area contributed by atoms with E-state index in [1.807, 2.05) is 0 Å². The number of Topliss-reactive ketones (excluding diaryl/α,β-unsaturated/α-hetero) is 2. The molecule has 5 heteroatoms. The minimum absolute atomic E-state index is 0.166. The van der Waals surface area contributed by atoms with Crippen LogP contribution in [0, 0.1) is 11.3 Å². The summed E-state index contributed by atoms with van der Waals surface area (Å²) in [5, 5.41) is 0.493. The van der Waals surface area contributed by atoms with Crippen molar-refractivity contribution in [2.45, 2.75) is 27.2 Å². The first-order valence-corrected chi connectivity index (χ1v) is 6.95. The number of esters is 1. The number of halogens is 1. The molecule has 1 aromatic rings. The lowest BCUT2D eigenvalue weighted by atomic mass is 9.83. The van der Waals surface area contributed by atoms with Gasteiger partial charge < -0.3 is 4.74 Å². The summed E-state index contributed by atoms with van der Waals surface area (Å²) in [7, 11) is 1.20. The van der Waals surface area contributed by atoms with Crippen LogP contribution in [0.5, 0.6) is 0 Å². The topological polar surface area (TPSA) is 60.4 Å². The normalized spacial score (nSPS) is 12.6. The molecule has 1 rings (SSSR count). The number of carbonyl (C=O) groups is 3. The monoisotopic (exact) mass is 310 g/mol. The quantitative estimate of drug-likeness (QED) is 0.475. The summed E-state index contributed by atoms with van der Waals surface area (Å²) in [6.07, 6.45) is -0.169. The van der Waals surface area contributed by atoms with Crippen molar-refractivity contribution in [2.75, 3.05) is 7.11 Å². The van der Waals surface area contributed by atoms with Crippen molar-refractivity contribution < 1.29 is 19.1 Å². The van der Waals surface area contributed by atoms with E-state index in [4.69, 9.17) is 11.6 Å². The van der Waals surface area contributed by atoms with Crippen molar-refractivity contribution in [1.29, 1.82) is 0 Å². The summed E-state index contributed by atoms with van der Waals surface area (Å²) in [5.41, 5.74) is -0.288. The molecule has 0 aliphatic heterocycles. The molecule has 21 heavy (non-hydrogen) atoms. The van der Waals surface area contributed by atoms with Crippen molar-refractivity contribution in [1.82, 2.24) is 0 Å². The molecule has 0 amide bonds. The molecule has 0 fully saturated rings. The number of benzene rings is 1. The second kappa shape index (κ2) is 6.85. The van der Waals surface area contributed by atoms with E-state index >= 15 is 0 Å². The Labute approximate surface area is 129 Å². The van der Waals surface area contributed by atoms with Gasteiger partial charge >= 0.3 is 5.97 Å². The lowest BCUT2D eigenvalue weighted by molar-refractivity contribution is -0.146. The molecule has 0 aromatic heterocycles. The van der Waals surface area contributed by atoms with Crippen LogP contribution in [0.15, 0.2) is 24.3 Å². The first kappa shape index (κ1) is 17.4. The number of carbonyl (C=O) groups excluding carboxylic acids is 3. The first-order valence-electron chi connectivity index (χ1n) is 6.57. The fourth-order valence-electron chi connectivity index (χ4n) is 1.73. The molecule has 0 N–H and O–H groups in total. The largest absolute Gasteiger partial charge is 0.468 e. The highest BCUT2D eigenvalue weighted by Crippen LogP contribution is 2.23. The molecule has 0 spiro atoms. The summed E-state index contributed by atoms with van der Waals surface area (Å²) in [5.74, 6) is -2.42. The Morgan fingerprint density at radius 2 is 1.67 bits per heavy atom. The third-order valence-corrected chi connectivity index (χ3v) is 3.41. The Kier molecular flexibility index (Phi) is 5.67. The zero-order chi connectivity index (χ0) is 16.2. The van der Waals surface area contributed by atoms with Gasteiger partial charge in [-0.25, -0.2) is 0 Å². The van der Waals surface area contributed by atoms with E-state index in [-0.39, 0.29) is 12.2 Å². The Balaban J connectivity index is 3.03. The minimum atomic E-state index is -1.12. The molecule has 0 saturated carbocycles. The Hall–Kier alpha value is -1.68. The third-order valence-electron chi connectivity index (χ3n) is 3.16. The second-order valence-electron chi connectivity index (χ2n) is 5.82. The van der Waals surface area contributed by atoms with Gasteiger partial charge in [-0.1, -0.05) is 32.4 Å². The van der Waals surface area contributed by atoms with E-state index in [0.717, 1.165) is 0 Å². The predicted molar refractivity (Wildman–Crippen MR) is 80.4 cm³/mol. The van der Waals surface area contributed by atoms with E-state index in [1.165, 1.54) is 19.2 Å². The Morgan fingerprint density at radius 1 is 1.14 bits per heavy atom. The van der Waals surface area contributed by atoms with E-state index in [1.54, 1.807) is 32.9 Å². The molecule has 0 bridgehead atoms. The maximum absolute atomic E-state index is 12.4. The van der Waals surface area contributed by atoms with Crippen LogP contribution in [-0.4, -0.2) is 24.6 Å². The van der Waals surface area contributed by atoms with Crippen LogP contribution in [0.3, 0.4) is 0 Å². The van der Waals surface area contributed by atoms with Gasteiger partial charge in [0.2, 0.25) is 0 Å². The molecule has 4 nitrogen and oxygen atoms in total. The standard InChI is InChI=1S/C16H19ClO4/c1-16(2,3)13(18)9-12(15(20)21-4)14(19)10-5-7-11(17)8-6-10/h5-8,12H,9H2,1-4H3. The zero-order valence-electron chi connectivity index (χ0n) is 12.6. The van der Waals surface area contributed by atoms with Crippen LogP contribution < -0.4 is 0 Å². The summed E-state index contributed by atoms with van der Waals surface area (Å²) >= 11 is 5.77. The molecule has 0 heterocycles. The Bertz CT molecular complexity index is 540. The zero-order valence-corrected chi connectivity index (χ0v) is 13.4. The van der Waals surface area contributed by atoms with E-state index < -0.39 is 23.1 Å². The van der Waals surface area contributed by atoms with E-state index in [9.17, 15) is 14.4 Å². The smallest absolute Gasteiger partial charge is 0.317 e. The van der Waals surface area contributed by atoms with Crippen LogP contribution in [0.2, 0.25) is 5.02 Å². The predicted octanol–water partition coefficient (Wildman–Crippen LogP) is 3.32. The molecular formula is C16H19ClO4. The SMILES string of the molecule is COC(=O)C(CC(=O)C(C)(C)C)C(=O)c1ccc(Cl)cc1. The van der Waals surface area contributed by atoms with Gasteiger partial charge in [-0.2, -0.15) is 0 Å².